The molecule has 304 valence electrons. The highest BCUT2D eigenvalue weighted by molar-refractivity contribution is 5.29. The molecule has 0 amide bonds. The highest BCUT2D eigenvalue weighted by Crippen LogP contribution is 2.25. The van der Waals surface area contributed by atoms with Crippen LogP contribution in [-0.4, -0.2) is 87.6 Å². The third-order valence-electron chi connectivity index (χ3n) is 9.45. The van der Waals surface area contributed by atoms with E-state index in [1.807, 2.05) is 55.4 Å². The fraction of sp³-hybridized carbons (Fsp3) is 0.830. The zero-order valence-corrected chi connectivity index (χ0v) is 38.9. The van der Waals surface area contributed by atoms with Gasteiger partial charge in [0.15, 0.2) is 0 Å². The molecule has 0 N–H and O–H groups in total. The first-order chi connectivity index (χ1) is 23.9. The van der Waals surface area contributed by atoms with Gasteiger partial charge in [-0.05, 0) is 159 Å². The van der Waals surface area contributed by atoms with Crippen molar-refractivity contribution in [3.05, 3.63) is 47.5 Å². The summed E-state index contributed by atoms with van der Waals surface area (Å²) >= 11 is 0. The molecule has 4 heteroatoms. The Labute approximate surface area is 324 Å². The van der Waals surface area contributed by atoms with Crippen LogP contribution in [-0.2, 0) is 13.0 Å². The van der Waals surface area contributed by atoms with Crippen LogP contribution in [0.1, 0.15) is 188 Å². The molecule has 2 saturated heterocycles. The van der Waals surface area contributed by atoms with Crippen LogP contribution >= 0.6 is 0 Å². The predicted octanol–water partition coefficient (Wildman–Crippen LogP) is 13.1. The average Bonchev–Trinajstić information content (AvgIpc) is 3.69. The minimum atomic E-state index is 0.299. The van der Waals surface area contributed by atoms with Gasteiger partial charge in [-0.2, -0.15) is 0 Å². The van der Waals surface area contributed by atoms with Gasteiger partial charge in [-0.15, -0.1) is 0 Å². The lowest BCUT2D eigenvalue weighted by atomic mass is 9.95. The number of hydrogen-bond acceptors (Lipinski definition) is 4. The summed E-state index contributed by atoms with van der Waals surface area (Å²) < 4.78 is 0. The van der Waals surface area contributed by atoms with Crippen molar-refractivity contribution in [1.82, 2.24) is 19.6 Å². The lowest BCUT2D eigenvalue weighted by molar-refractivity contribution is 0.111. The molecule has 4 aliphatic rings. The Morgan fingerprint density at radius 1 is 0.392 bits per heavy atom. The van der Waals surface area contributed by atoms with Crippen molar-refractivity contribution >= 4 is 0 Å². The molecule has 4 heterocycles. The van der Waals surface area contributed by atoms with Crippen LogP contribution in [0.15, 0.2) is 36.4 Å². The van der Waals surface area contributed by atoms with Crippen molar-refractivity contribution in [1.29, 1.82) is 0 Å². The number of piperidine rings is 1. The van der Waals surface area contributed by atoms with E-state index in [-0.39, 0.29) is 0 Å². The van der Waals surface area contributed by atoms with Gasteiger partial charge in [-0.25, -0.2) is 0 Å². The maximum atomic E-state index is 2.58. The first-order valence-electron chi connectivity index (χ1n) is 21.6. The molecule has 0 atom stereocenters. The number of hydrogen-bond donors (Lipinski definition) is 0. The van der Waals surface area contributed by atoms with E-state index >= 15 is 0 Å². The fourth-order valence-corrected chi connectivity index (χ4v) is 6.27. The number of rotatable bonds is 0. The third-order valence-corrected chi connectivity index (χ3v) is 9.45. The van der Waals surface area contributed by atoms with Crippen LogP contribution in [0.25, 0.3) is 0 Å². The maximum absolute atomic E-state index is 2.58. The van der Waals surface area contributed by atoms with Gasteiger partial charge < -0.3 is 0 Å². The second kappa shape index (κ2) is 29.2. The zero-order valence-electron chi connectivity index (χ0n) is 38.9. The monoisotopic (exact) mass is 717 g/mol. The first-order valence-corrected chi connectivity index (χ1v) is 21.6. The SMILES string of the molecule is CC.CC.CC.CC.CC(C)(C)N1CC=CCC1.CC(C)(C)N1CCCC1.CC(C)(C)N1CCCCC1.CC(C)(C)N1CCc2ccccc2C1. The third kappa shape index (κ3) is 24.7. The quantitative estimate of drug-likeness (QED) is 0.248. The summed E-state index contributed by atoms with van der Waals surface area (Å²) in [5.41, 5.74) is 4.51. The standard InChI is InChI=1S/C13H19N.C9H19N.C9H17N.C8H17N.4C2H6/c1-13(2,3)14-9-8-11-6-4-5-7-12(11)10-14;2*1-9(2,3)10-7-5-4-6-8-10;1-8(2,3)9-6-4-5-7-9;4*1-2/h4-7H,8-10H2,1-3H3;4-8H2,1-3H3;4-5H,6-8H2,1-3H3;4-7H2,1-3H3;4*1-2H3. The van der Waals surface area contributed by atoms with Gasteiger partial charge in [0.05, 0.1) is 0 Å². The Bertz CT molecular complexity index is 927. The molecule has 4 aliphatic heterocycles. The number of likely N-dealkylation sites (tertiary alicyclic amines) is 2. The van der Waals surface area contributed by atoms with E-state index in [1.165, 1.54) is 95.3 Å². The molecule has 0 spiro atoms. The smallest absolute Gasteiger partial charge is 0.0241 e. The summed E-state index contributed by atoms with van der Waals surface area (Å²) in [6.45, 7) is 53.4. The van der Waals surface area contributed by atoms with Crippen LogP contribution in [0.2, 0.25) is 0 Å². The van der Waals surface area contributed by atoms with Gasteiger partial charge in [0.2, 0.25) is 0 Å². The Morgan fingerprint density at radius 2 is 0.765 bits per heavy atom. The van der Waals surface area contributed by atoms with Crippen molar-refractivity contribution in [3.63, 3.8) is 0 Å². The minimum Gasteiger partial charge on any atom is -0.298 e. The van der Waals surface area contributed by atoms with E-state index in [4.69, 9.17) is 0 Å². The minimum absolute atomic E-state index is 0.299. The van der Waals surface area contributed by atoms with E-state index in [9.17, 15) is 0 Å². The van der Waals surface area contributed by atoms with Gasteiger partial charge >= 0.3 is 0 Å². The molecular formula is C47H96N4. The molecule has 4 nitrogen and oxygen atoms in total. The van der Waals surface area contributed by atoms with Crippen molar-refractivity contribution in [2.24, 2.45) is 0 Å². The van der Waals surface area contributed by atoms with Crippen LogP contribution in [0, 0.1) is 0 Å². The molecule has 0 radical (unpaired) electrons. The molecule has 5 rings (SSSR count). The summed E-state index contributed by atoms with van der Waals surface area (Å²) in [5, 5.41) is 0. The lowest BCUT2D eigenvalue weighted by Crippen LogP contribution is -2.44. The second-order valence-corrected chi connectivity index (χ2v) is 17.1. The molecule has 1 aromatic rings. The van der Waals surface area contributed by atoms with E-state index in [0.717, 1.165) is 13.1 Å². The van der Waals surface area contributed by atoms with E-state index in [1.54, 1.807) is 0 Å². The Kier molecular flexibility index (Phi) is 31.0. The fourth-order valence-electron chi connectivity index (χ4n) is 6.27. The van der Waals surface area contributed by atoms with Crippen molar-refractivity contribution in [3.8, 4) is 0 Å². The van der Waals surface area contributed by atoms with Crippen molar-refractivity contribution in [2.45, 2.75) is 212 Å². The number of fused-ring (bicyclic) bond motifs is 1. The molecule has 2 fully saturated rings. The summed E-state index contributed by atoms with van der Waals surface area (Å²) in [4.78, 5) is 10.2. The molecule has 0 aliphatic carbocycles. The predicted molar refractivity (Wildman–Crippen MR) is 237 cm³/mol. The van der Waals surface area contributed by atoms with Crippen LogP contribution < -0.4 is 0 Å². The zero-order chi connectivity index (χ0) is 40.3. The molecule has 0 bridgehead atoms. The van der Waals surface area contributed by atoms with Crippen LogP contribution in [0.3, 0.4) is 0 Å². The second-order valence-electron chi connectivity index (χ2n) is 17.1. The Morgan fingerprint density at radius 3 is 1.08 bits per heavy atom. The highest BCUT2D eigenvalue weighted by Gasteiger charge is 2.26. The van der Waals surface area contributed by atoms with E-state index in [0.29, 0.717) is 22.2 Å². The summed E-state index contributed by atoms with van der Waals surface area (Å²) in [7, 11) is 0. The van der Waals surface area contributed by atoms with Gasteiger partial charge in [-0.1, -0.05) is 98.2 Å². The van der Waals surface area contributed by atoms with Crippen LogP contribution in [0.4, 0.5) is 0 Å². The van der Waals surface area contributed by atoms with E-state index in [2.05, 4.69) is 139 Å². The molecule has 0 unspecified atom stereocenters. The maximum Gasteiger partial charge on any atom is 0.0241 e. The van der Waals surface area contributed by atoms with Crippen molar-refractivity contribution in [2.75, 3.05) is 45.8 Å². The summed E-state index contributed by atoms with van der Waals surface area (Å²) in [6, 6.07) is 8.80. The molecule has 0 aromatic heterocycles. The number of nitrogens with zero attached hydrogens (tertiary/aromatic N) is 4. The molecule has 51 heavy (non-hydrogen) atoms. The number of benzene rings is 1. The highest BCUT2D eigenvalue weighted by atomic mass is 15.2. The first kappa shape index (κ1) is 54.1. The van der Waals surface area contributed by atoms with Crippen LogP contribution in [0.5, 0.6) is 0 Å². The van der Waals surface area contributed by atoms with Gasteiger partial charge in [0, 0.05) is 48.3 Å². The Hall–Kier alpha value is -1.20. The van der Waals surface area contributed by atoms with Gasteiger partial charge in [0.1, 0.15) is 0 Å². The normalized spacial score (nSPS) is 18.2. The lowest BCUT2D eigenvalue weighted by Gasteiger charge is -2.39. The van der Waals surface area contributed by atoms with Gasteiger partial charge in [0.25, 0.3) is 0 Å². The average molecular weight is 717 g/mol. The van der Waals surface area contributed by atoms with Gasteiger partial charge in [-0.3, -0.25) is 19.6 Å². The Balaban J connectivity index is -0.000000571. The largest absolute Gasteiger partial charge is 0.298 e. The molecule has 0 saturated carbocycles. The molecular weight excluding hydrogens is 621 g/mol. The van der Waals surface area contributed by atoms with Crippen molar-refractivity contribution < 1.29 is 0 Å². The van der Waals surface area contributed by atoms with E-state index < -0.39 is 0 Å². The topological polar surface area (TPSA) is 13.0 Å². The summed E-state index contributed by atoms with van der Waals surface area (Å²) in [5.74, 6) is 0. The molecule has 1 aromatic carbocycles. The summed E-state index contributed by atoms with van der Waals surface area (Å²) in [6.07, 6.45) is 14.0.